The summed E-state index contributed by atoms with van der Waals surface area (Å²) in [4.78, 5) is 0. The van der Waals surface area contributed by atoms with E-state index < -0.39 is 0 Å². The molecule has 0 N–H and O–H groups in total. The van der Waals surface area contributed by atoms with Gasteiger partial charge in [-0.1, -0.05) is 37.5 Å². The van der Waals surface area contributed by atoms with E-state index in [0.717, 1.165) is 12.8 Å². The van der Waals surface area contributed by atoms with Crippen LogP contribution in [-0.2, 0) is 4.74 Å². The van der Waals surface area contributed by atoms with E-state index in [1.807, 2.05) is 31.2 Å². The molecule has 1 atom stereocenters. The maximum atomic E-state index is 5.56. The van der Waals surface area contributed by atoms with Gasteiger partial charge in [-0.25, -0.2) is 0 Å². The van der Waals surface area contributed by atoms with E-state index in [2.05, 4.69) is 18.8 Å². The molecule has 16 heavy (non-hydrogen) atoms. The molecular weight excluding hydrogens is 220 g/mol. The molecule has 0 heterocycles. The molecule has 2 heteroatoms. The van der Waals surface area contributed by atoms with Crippen molar-refractivity contribution in [2.24, 2.45) is 0 Å². The van der Waals surface area contributed by atoms with Crippen LogP contribution < -0.4 is 0 Å². The van der Waals surface area contributed by atoms with E-state index in [0.29, 0.717) is 12.5 Å². The van der Waals surface area contributed by atoms with Crippen molar-refractivity contribution in [2.75, 3.05) is 12.5 Å². The SMILES string of the molecule is C/C=C/C(C#CCCCC)OC/C=C\CCl. The maximum absolute atomic E-state index is 5.56. The molecule has 0 amide bonds. The predicted octanol–water partition coefficient (Wildman–Crippen LogP) is 3.94. The number of allylic oxidation sites excluding steroid dienone is 2. The van der Waals surface area contributed by atoms with Gasteiger partial charge in [-0.3, -0.25) is 0 Å². The normalized spacial score (nSPS) is 12.9. The second kappa shape index (κ2) is 12.4. The molecule has 0 aromatic heterocycles. The highest BCUT2D eigenvalue weighted by molar-refractivity contribution is 6.18. The zero-order chi connectivity index (χ0) is 12.1. The average Bonchev–Trinajstić information content (AvgIpc) is 2.30. The van der Waals surface area contributed by atoms with Gasteiger partial charge in [0.25, 0.3) is 0 Å². The van der Waals surface area contributed by atoms with Crippen LogP contribution in [0.1, 0.15) is 33.1 Å². The lowest BCUT2D eigenvalue weighted by Gasteiger charge is -2.04. The Balaban J connectivity index is 3.94. The van der Waals surface area contributed by atoms with E-state index in [1.54, 1.807) is 0 Å². The summed E-state index contributed by atoms with van der Waals surface area (Å²) in [6, 6.07) is 0. The van der Waals surface area contributed by atoms with Crippen LogP contribution in [-0.4, -0.2) is 18.6 Å². The van der Waals surface area contributed by atoms with Crippen LogP contribution in [0.4, 0.5) is 0 Å². The van der Waals surface area contributed by atoms with Gasteiger partial charge in [-0.15, -0.1) is 17.5 Å². The maximum Gasteiger partial charge on any atom is 0.136 e. The molecule has 0 rings (SSSR count). The standard InChI is InChI=1S/C14H21ClO/c1-3-5-6-7-11-14(10-4-2)16-13-9-8-12-15/h4,8-10,14H,3,5-6,12-13H2,1-2H3/b9-8-,10-4+. The molecule has 0 aliphatic heterocycles. The Morgan fingerprint density at radius 1 is 1.38 bits per heavy atom. The highest BCUT2D eigenvalue weighted by atomic mass is 35.5. The minimum absolute atomic E-state index is 0.0955. The van der Waals surface area contributed by atoms with Crippen LogP contribution in [0.15, 0.2) is 24.3 Å². The Kier molecular flexibility index (Phi) is 11.8. The number of rotatable bonds is 7. The van der Waals surface area contributed by atoms with Gasteiger partial charge in [0.05, 0.1) is 6.61 Å². The summed E-state index contributed by atoms with van der Waals surface area (Å²) in [6.45, 7) is 4.70. The molecule has 0 radical (unpaired) electrons. The largest absolute Gasteiger partial charge is 0.357 e. The van der Waals surface area contributed by atoms with Gasteiger partial charge in [-0.05, 0) is 19.4 Å². The van der Waals surface area contributed by atoms with Crippen molar-refractivity contribution in [1.29, 1.82) is 0 Å². The van der Waals surface area contributed by atoms with Gasteiger partial charge in [-0.2, -0.15) is 0 Å². The molecule has 0 spiro atoms. The Morgan fingerprint density at radius 2 is 2.19 bits per heavy atom. The summed E-state index contributed by atoms with van der Waals surface area (Å²) in [7, 11) is 0. The van der Waals surface area contributed by atoms with Gasteiger partial charge < -0.3 is 4.74 Å². The van der Waals surface area contributed by atoms with E-state index in [-0.39, 0.29) is 6.10 Å². The number of hydrogen-bond acceptors (Lipinski definition) is 1. The number of ether oxygens (including phenoxy) is 1. The number of halogens is 1. The number of hydrogen-bond donors (Lipinski definition) is 0. The first-order valence-corrected chi connectivity index (χ1v) is 6.32. The third-order valence-corrected chi connectivity index (χ3v) is 2.07. The van der Waals surface area contributed by atoms with Crippen molar-refractivity contribution in [2.45, 2.75) is 39.2 Å². The summed E-state index contributed by atoms with van der Waals surface area (Å²) in [5.74, 6) is 6.77. The molecule has 0 fully saturated rings. The Morgan fingerprint density at radius 3 is 2.81 bits per heavy atom. The smallest absolute Gasteiger partial charge is 0.136 e. The lowest BCUT2D eigenvalue weighted by molar-refractivity contribution is 0.148. The van der Waals surface area contributed by atoms with Crippen LogP contribution in [0, 0.1) is 11.8 Å². The fourth-order valence-corrected chi connectivity index (χ4v) is 1.17. The van der Waals surface area contributed by atoms with Crippen molar-refractivity contribution in [1.82, 2.24) is 0 Å². The first-order valence-electron chi connectivity index (χ1n) is 5.78. The monoisotopic (exact) mass is 240 g/mol. The summed E-state index contributed by atoms with van der Waals surface area (Å²) in [5.41, 5.74) is 0. The van der Waals surface area contributed by atoms with Gasteiger partial charge in [0, 0.05) is 12.3 Å². The number of alkyl halides is 1. The fourth-order valence-electron chi connectivity index (χ4n) is 1.05. The minimum Gasteiger partial charge on any atom is -0.357 e. The van der Waals surface area contributed by atoms with E-state index in [9.17, 15) is 0 Å². The van der Waals surface area contributed by atoms with Crippen LogP contribution in [0.25, 0.3) is 0 Å². The molecule has 0 aliphatic carbocycles. The lowest BCUT2D eigenvalue weighted by Crippen LogP contribution is -2.06. The first-order chi connectivity index (χ1) is 7.85. The molecule has 0 aromatic carbocycles. The van der Waals surface area contributed by atoms with Gasteiger partial charge in [0.15, 0.2) is 0 Å². The van der Waals surface area contributed by atoms with Gasteiger partial charge >= 0.3 is 0 Å². The topological polar surface area (TPSA) is 9.23 Å². The molecular formula is C14H21ClO. The van der Waals surface area contributed by atoms with E-state index >= 15 is 0 Å². The molecule has 90 valence electrons. The van der Waals surface area contributed by atoms with Crippen LogP contribution in [0.2, 0.25) is 0 Å². The Labute approximate surface area is 105 Å². The molecule has 0 aromatic rings. The van der Waals surface area contributed by atoms with Crippen LogP contribution >= 0.6 is 11.6 Å². The second-order valence-corrected chi connectivity index (χ2v) is 3.64. The molecule has 0 saturated heterocycles. The molecule has 1 nitrogen and oxygen atoms in total. The van der Waals surface area contributed by atoms with E-state index in [4.69, 9.17) is 16.3 Å². The third-order valence-electron chi connectivity index (χ3n) is 1.89. The molecule has 0 aliphatic rings. The zero-order valence-corrected chi connectivity index (χ0v) is 11.0. The van der Waals surface area contributed by atoms with Crippen molar-refractivity contribution >= 4 is 11.6 Å². The second-order valence-electron chi connectivity index (χ2n) is 3.33. The first kappa shape index (κ1) is 15.3. The highest BCUT2D eigenvalue weighted by Gasteiger charge is 1.96. The van der Waals surface area contributed by atoms with Crippen molar-refractivity contribution < 1.29 is 4.74 Å². The average molecular weight is 241 g/mol. The highest BCUT2D eigenvalue weighted by Crippen LogP contribution is 1.96. The summed E-state index contributed by atoms with van der Waals surface area (Å²) in [5, 5.41) is 0. The number of unbranched alkanes of at least 4 members (excludes halogenated alkanes) is 2. The van der Waals surface area contributed by atoms with Crippen LogP contribution in [0.3, 0.4) is 0 Å². The molecule has 0 saturated carbocycles. The summed E-state index contributed by atoms with van der Waals surface area (Å²) in [6.07, 6.45) is 10.9. The fraction of sp³-hybridized carbons (Fsp3) is 0.571. The van der Waals surface area contributed by atoms with Gasteiger partial charge in [0.1, 0.15) is 6.10 Å². The van der Waals surface area contributed by atoms with E-state index in [1.165, 1.54) is 6.42 Å². The molecule has 1 unspecified atom stereocenters. The lowest BCUT2D eigenvalue weighted by atomic mass is 10.2. The summed E-state index contributed by atoms with van der Waals surface area (Å²) < 4.78 is 5.56. The molecule has 0 bridgehead atoms. The zero-order valence-electron chi connectivity index (χ0n) is 10.2. The third kappa shape index (κ3) is 9.83. The Bertz CT molecular complexity index is 258. The van der Waals surface area contributed by atoms with Crippen molar-refractivity contribution in [3.63, 3.8) is 0 Å². The summed E-state index contributed by atoms with van der Waals surface area (Å²) >= 11 is 5.51. The van der Waals surface area contributed by atoms with Crippen molar-refractivity contribution in [3.05, 3.63) is 24.3 Å². The quantitative estimate of drug-likeness (QED) is 0.284. The minimum atomic E-state index is -0.0955. The van der Waals surface area contributed by atoms with Crippen molar-refractivity contribution in [3.8, 4) is 11.8 Å². The van der Waals surface area contributed by atoms with Gasteiger partial charge in [0.2, 0.25) is 0 Å². The Hall–Kier alpha value is -0.710. The predicted molar refractivity (Wildman–Crippen MR) is 71.7 cm³/mol. The van der Waals surface area contributed by atoms with Crippen LogP contribution in [0.5, 0.6) is 0 Å².